The number of anilines is 5. The number of fused-ring (bicyclic) bond motifs is 1. The molecule has 0 aliphatic carbocycles. The fraction of sp³-hybridized carbons (Fsp3) is 0.240. The highest BCUT2D eigenvalue weighted by atomic mass is 16.5. The summed E-state index contributed by atoms with van der Waals surface area (Å²) >= 11 is 0. The molecule has 2 aromatic heterocycles. The van der Waals surface area contributed by atoms with Crippen molar-refractivity contribution in [3.8, 4) is 5.75 Å². The zero-order chi connectivity index (χ0) is 21.9. The van der Waals surface area contributed by atoms with Crippen molar-refractivity contribution < 1.29 is 4.74 Å². The lowest BCUT2D eigenvalue weighted by Gasteiger charge is -2.34. The van der Waals surface area contributed by atoms with Crippen LogP contribution in [-0.2, 0) is 0 Å². The summed E-state index contributed by atoms with van der Waals surface area (Å²) in [6.07, 6.45) is 3.75. The zero-order valence-corrected chi connectivity index (χ0v) is 18.4. The molecular weight excluding hydrogens is 400 g/mol. The van der Waals surface area contributed by atoms with Gasteiger partial charge in [-0.25, -0.2) is 4.98 Å². The van der Waals surface area contributed by atoms with Crippen molar-refractivity contribution in [2.24, 2.45) is 0 Å². The molecule has 0 amide bonds. The summed E-state index contributed by atoms with van der Waals surface area (Å²) in [6, 6.07) is 18.5. The lowest BCUT2D eigenvalue weighted by molar-refractivity contribution is 0.312. The molecule has 0 bridgehead atoms. The van der Waals surface area contributed by atoms with Crippen molar-refractivity contribution in [2.45, 2.75) is 0 Å². The van der Waals surface area contributed by atoms with Crippen molar-refractivity contribution in [3.05, 3.63) is 67.0 Å². The molecule has 0 atom stereocenters. The van der Waals surface area contributed by atoms with Gasteiger partial charge in [-0.05, 0) is 43.4 Å². The van der Waals surface area contributed by atoms with Gasteiger partial charge in [0.25, 0.3) is 0 Å². The van der Waals surface area contributed by atoms with E-state index in [2.05, 4.69) is 73.8 Å². The van der Waals surface area contributed by atoms with Crippen molar-refractivity contribution >= 4 is 39.5 Å². The maximum Gasteiger partial charge on any atom is 0.144 e. The van der Waals surface area contributed by atoms with Crippen LogP contribution in [0.4, 0.5) is 28.6 Å². The Labute approximate surface area is 188 Å². The second kappa shape index (κ2) is 8.80. The highest BCUT2D eigenvalue weighted by Gasteiger charge is 2.16. The van der Waals surface area contributed by atoms with E-state index in [0.717, 1.165) is 65.7 Å². The van der Waals surface area contributed by atoms with Gasteiger partial charge in [0, 0.05) is 78.7 Å². The minimum Gasteiger partial charge on any atom is -0.494 e. The Kier molecular flexibility index (Phi) is 5.56. The molecule has 0 unspecified atom stereocenters. The van der Waals surface area contributed by atoms with Crippen LogP contribution in [0.2, 0.25) is 0 Å². The van der Waals surface area contributed by atoms with E-state index in [-0.39, 0.29) is 0 Å². The number of rotatable bonds is 6. The SMILES string of the molecule is COc1cc(N2CCN(C)CC2)ccc1Nc1cc(Nc2cccc3[nH]ccc23)ccn1. The molecule has 0 radical (unpaired) electrons. The lowest BCUT2D eigenvalue weighted by Crippen LogP contribution is -2.44. The second-order valence-corrected chi connectivity index (χ2v) is 8.10. The molecule has 7 heteroatoms. The highest BCUT2D eigenvalue weighted by molar-refractivity contribution is 5.93. The molecule has 32 heavy (non-hydrogen) atoms. The molecule has 4 aromatic rings. The molecule has 3 heterocycles. The number of ether oxygens (including phenoxy) is 1. The maximum absolute atomic E-state index is 5.69. The van der Waals surface area contributed by atoms with E-state index in [0.29, 0.717) is 0 Å². The number of aromatic nitrogens is 2. The molecule has 1 aliphatic rings. The first kappa shape index (κ1) is 20.2. The number of methoxy groups -OCH3 is 1. The summed E-state index contributed by atoms with van der Waals surface area (Å²) in [7, 11) is 3.87. The van der Waals surface area contributed by atoms with Crippen LogP contribution in [0.5, 0.6) is 5.75 Å². The third-order valence-corrected chi connectivity index (χ3v) is 5.95. The Bertz CT molecular complexity index is 1210. The third kappa shape index (κ3) is 4.20. The lowest BCUT2D eigenvalue weighted by atomic mass is 10.2. The molecule has 1 aliphatic heterocycles. The van der Waals surface area contributed by atoms with Crippen LogP contribution in [0, 0.1) is 0 Å². The minimum atomic E-state index is 0.752. The predicted molar refractivity (Wildman–Crippen MR) is 132 cm³/mol. The normalized spacial score (nSPS) is 14.5. The number of likely N-dealkylation sites (N-methyl/N-ethyl adjacent to an activating group) is 1. The number of pyridine rings is 1. The van der Waals surface area contributed by atoms with Gasteiger partial charge in [-0.15, -0.1) is 0 Å². The first-order valence-corrected chi connectivity index (χ1v) is 10.9. The predicted octanol–water partition coefficient (Wildman–Crippen LogP) is 4.81. The van der Waals surface area contributed by atoms with Gasteiger partial charge in [0.15, 0.2) is 0 Å². The third-order valence-electron chi connectivity index (χ3n) is 5.95. The standard InChI is InChI=1S/C25H28N6O/c1-30-12-14-31(15-13-30)19-6-7-23(24(17-19)32-2)29-25-16-18(8-10-27-25)28-22-5-3-4-21-20(22)9-11-26-21/h3-11,16-17,26H,12-15H2,1-2H3,(H2,27,28,29). The van der Waals surface area contributed by atoms with Crippen LogP contribution in [-0.4, -0.2) is 55.2 Å². The van der Waals surface area contributed by atoms with Crippen LogP contribution >= 0.6 is 0 Å². The van der Waals surface area contributed by atoms with Crippen LogP contribution in [0.3, 0.4) is 0 Å². The molecule has 164 valence electrons. The van der Waals surface area contributed by atoms with Crippen molar-refractivity contribution in [1.29, 1.82) is 0 Å². The zero-order valence-electron chi connectivity index (χ0n) is 18.4. The molecule has 2 aromatic carbocycles. The Hall–Kier alpha value is -3.71. The molecule has 1 saturated heterocycles. The van der Waals surface area contributed by atoms with E-state index in [4.69, 9.17) is 4.74 Å². The largest absolute Gasteiger partial charge is 0.494 e. The van der Waals surface area contributed by atoms with Crippen LogP contribution in [0.25, 0.3) is 10.9 Å². The quantitative estimate of drug-likeness (QED) is 0.410. The monoisotopic (exact) mass is 428 g/mol. The first-order valence-electron chi connectivity index (χ1n) is 10.9. The average Bonchev–Trinajstić information content (AvgIpc) is 3.30. The van der Waals surface area contributed by atoms with Gasteiger partial charge in [0.05, 0.1) is 12.8 Å². The number of piperazine rings is 1. The summed E-state index contributed by atoms with van der Waals surface area (Å²) in [5.41, 5.74) is 5.19. The summed E-state index contributed by atoms with van der Waals surface area (Å²) < 4.78 is 5.69. The van der Waals surface area contributed by atoms with Gasteiger partial charge in [-0.1, -0.05) is 6.07 Å². The second-order valence-electron chi connectivity index (χ2n) is 8.10. The summed E-state index contributed by atoms with van der Waals surface area (Å²) in [5, 5.41) is 8.06. The van der Waals surface area contributed by atoms with E-state index in [9.17, 15) is 0 Å². The number of nitrogens with one attached hydrogen (secondary N) is 3. The fourth-order valence-electron chi connectivity index (χ4n) is 4.11. The molecule has 0 saturated carbocycles. The van der Waals surface area contributed by atoms with Crippen molar-refractivity contribution in [1.82, 2.24) is 14.9 Å². The molecular formula is C25H28N6O. The number of H-pyrrole nitrogens is 1. The molecule has 7 nitrogen and oxygen atoms in total. The topological polar surface area (TPSA) is 68.5 Å². The fourth-order valence-corrected chi connectivity index (χ4v) is 4.11. The minimum absolute atomic E-state index is 0.752. The Balaban J connectivity index is 1.34. The van der Waals surface area contributed by atoms with Gasteiger partial charge in [-0.3, -0.25) is 0 Å². The van der Waals surface area contributed by atoms with Gasteiger partial charge in [0.1, 0.15) is 11.6 Å². The van der Waals surface area contributed by atoms with Crippen LogP contribution < -0.4 is 20.3 Å². The van der Waals surface area contributed by atoms with Gasteiger partial charge < -0.3 is 30.2 Å². The maximum atomic E-state index is 5.69. The number of nitrogens with zero attached hydrogens (tertiary/aromatic N) is 3. The van der Waals surface area contributed by atoms with Crippen LogP contribution in [0.1, 0.15) is 0 Å². The molecule has 5 rings (SSSR count). The molecule has 0 spiro atoms. The van der Waals surface area contributed by atoms with Crippen molar-refractivity contribution in [2.75, 3.05) is 55.9 Å². The van der Waals surface area contributed by atoms with Gasteiger partial charge >= 0.3 is 0 Å². The van der Waals surface area contributed by atoms with E-state index < -0.39 is 0 Å². The van der Waals surface area contributed by atoms with Crippen molar-refractivity contribution in [3.63, 3.8) is 0 Å². The van der Waals surface area contributed by atoms with Crippen LogP contribution in [0.15, 0.2) is 67.0 Å². The Morgan fingerprint density at radius 3 is 2.66 bits per heavy atom. The summed E-state index contributed by atoms with van der Waals surface area (Å²) in [4.78, 5) is 12.5. The molecule has 1 fully saturated rings. The van der Waals surface area contributed by atoms with Gasteiger partial charge in [-0.2, -0.15) is 0 Å². The number of aromatic amines is 1. The van der Waals surface area contributed by atoms with E-state index >= 15 is 0 Å². The van der Waals surface area contributed by atoms with E-state index in [1.165, 1.54) is 5.69 Å². The smallest absolute Gasteiger partial charge is 0.144 e. The van der Waals surface area contributed by atoms with Gasteiger partial charge in [0.2, 0.25) is 0 Å². The number of benzene rings is 2. The average molecular weight is 429 g/mol. The summed E-state index contributed by atoms with van der Waals surface area (Å²) in [6.45, 7) is 4.19. The first-order chi connectivity index (χ1) is 15.7. The molecule has 3 N–H and O–H groups in total. The summed E-state index contributed by atoms with van der Waals surface area (Å²) in [5.74, 6) is 1.56. The number of hydrogen-bond acceptors (Lipinski definition) is 6. The highest BCUT2D eigenvalue weighted by Crippen LogP contribution is 2.33. The Morgan fingerprint density at radius 1 is 0.938 bits per heavy atom. The number of hydrogen-bond donors (Lipinski definition) is 3. The Morgan fingerprint density at radius 2 is 1.81 bits per heavy atom. The van der Waals surface area contributed by atoms with E-state index in [1.54, 1.807) is 13.3 Å². The van der Waals surface area contributed by atoms with E-state index in [1.807, 2.05) is 24.4 Å².